The lowest BCUT2D eigenvalue weighted by molar-refractivity contribution is 0.755. The van der Waals surface area contributed by atoms with Crippen molar-refractivity contribution >= 4 is 17.4 Å². The molecule has 0 bridgehead atoms. The van der Waals surface area contributed by atoms with Crippen LogP contribution in [0.25, 0.3) is 0 Å². The number of nitrogens with two attached hydrogens (primary N) is 1. The molecule has 0 spiro atoms. The monoisotopic (exact) mass is 265 g/mol. The van der Waals surface area contributed by atoms with E-state index in [-0.39, 0.29) is 0 Å². The second-order valence-corrected chi connectivity index (χ2v) is 4.56. The first-order valence-electron chi connectivity index (χ1n) is 5.63. The summed E-state index contributed by atoms with van der Waals surface area (Å²) in [6.45, 7) is 1.09. The Morgan fingerprint density at radius 1 is 1.44 bits per heavy atom. The number of rotatable bonds is 4. The number of aryl methyl sites for hydroxylation is 1. The molecule has 2 heterocycles. The van der Waals surface area contributed by atoms with Crippen LogP contribution in [0.15, 0.2) is 24.7 Å². The highest BCUT2D eigenvalue weighted by Gasteiger charge is 2.09. The molecule has 0 aliphatic heterocycles. The molecule has 0 saturated carbocycles. The van der Waals surface area contributed by atoms with E-state index in [0.29, 0.717) is 18.1 Å². The number of hydrogen-bond donors (Lipinski definition) is 1. The van der Waals surface area contributed by atoms with Crippen molar-refractivity contribution in [3.8, 4) is 0 Å². The highest BCUT2D eigenvalue weighted by atomic mass is 35.5. The van der Waals surface area contributed by atoms with Gasteiger partial charge in [0.05, 0.1) is 11.6 Å². The fraction of sp³-hybridized carbons (Fsp3) is 0.333. The molecule has 18 heavy (non-hydrogen) atoms. The molecule has 0 unspecified atom stereocenters. The predicted molar refractivity (Wildman–Crippen MR) is 72.5 cm³/mol. The van der Waals surface area contributed by atoms with Crippen LogP contribution >= 0.6 is 11.6 Å². The van der Waals surface area contributed by atoms with Gasteiger partial charge < -0.3 is 15.2 Å². The predicted octanol–water partition coefficient (Wildman–Crippen LogP) is 1.56. The average molecular weight is 266 g/mol. The van der Waals surface area contributed by atoms with Crippen molar-refractivity contribution in [3.05, 3.63) is 41.1 Å². The average Bonchev–Trinajstić information content (AvgIpc) is 2.75. The van der Waals surface area contributed by atoms with Gasteiger partial charge in [0.15, 0.2) is 0 Å². The molecule has 0 aliphatic rings. The van der Waals surface area contributed by atoms with Gasteiger partial charge in [0.1, 0.15) is 11.6 Å². The third-order valence-corrected chi connectivity index (χ3v) is 3.17. The highest BCUT2D eigenvalue weighted by molar-refractivity contribution is 6.31. The summed E-state index contributed by atoms with van der Waals surface area (Å²) in [4.78, 5) is 10.6. The molecular formula is C12H16ClN5. The van der Waals surface area contributed by atoms with Gasteiger partial charge in [0.2, 0.25) is 0 Å². The zero-order valence-corrected chi connectivity index (χ0v) is 11.2. The summed E-state index contributed by atoms with van der Waals surface area (Å²) in [7, 11) is 3.93. The van der Waals surface area contributed by atoms with Crippen molar-refractivity contribution in [1.29, 1.82) is 0 Å². The summed E-state index contributed by atoms with van der Waals surface area (Å²) in [6.07, 6.45) is 5.33. The van der Waals surface area contributed by atoms with Crippen molar-refractivity contribution < 1.29 is 0 Å². The van der Waals surface area contributed by atoms with Crippen LogP contribution in [0.4, 0.5) is 5.82 Å². The molecule has 0 saturated heterocycles. The molecule has 2 N–H and O–H groups in total. The third-order valence-electron chi connectivity index (χ3n) is 2.83. The molecule has 0 radical (unpaired) electrons. The second kappa shape index (κ2) is 5.37. The zero-order chi connectivity index (χ0) is 13.1. The van der Waals surface area contributed by atoms with E-state index in [0.717, 1.165) is 17.2 Å². The molecule has 0 fully saturated rings. The van der Waals surface area contributed by atoms with Crippen molar-refractivity contribution in [2.45, 2.75) is 13.1 Å². The van der Waals surface area contributed by atoms with Crippen LogP contribution in [-0.4, -0.2) is 21.6 Å². The topological polar surface area (TPSA) is 60.0 Å². The Bertz CT molecular complexity index is 537. The number of halogens is 1. The third kappa shape index (κ3) is 2.63. The number of anilines is 1. The van der Waals surface area contributed by atoms with Crippen LogP contribution < -0.4 is 10.6 Å². The SMILES string of the molecule is CN(Cc1nccn1C)c1cc(CN)c(Cl)cn1. The highest BCUT2D eigenvalue weighted by Crippen LogP contribution is 2.20. The van der Waals surface area contributed by atoms with Gasteiger partial charge in [-0.25, -0.2) is 9.97 Å². The molecule has 6 heteroatoms. The van der Waals surface area contributed by atoms with Gasteiger partial charge >= 0.3 is 0 Å². The van der Waals surface area contributed by atoms with E-state index in [1.165, 1.54) is 0 Å². The fourth-order valence-corrected chi connectivity index (χ4v) is 1.86. The second-order valence-electron chi connectivity index (χ2n) is 4.15. The van der Waals surface area contributed by atoms with Crippen LogP contribution in [-0.2, 0) is 20.1 Å². The van der Waals surface area contributed by atoms with Gasteiger partial charge in [0.25, 0.3) is 0 Å². The zero-order valence-electron chi connectivity index (χ0n) is 10.5. The summed E-state index contributed by atoms with van der Waals surface area (Å²) in [5.74, 6) is 1.81. The van der Waals surface area contributed by atoms with Crippen molar-refractivity contribution in [3.63, 3.8) is 0 Å². The van der Waals surface area contributed by atoms with Gasteiger partial charge in [-0.1, -0.05) is 11.6 Å². The molecule has 2 rings (SSSR count). The van der Waals surface area contributed by atoms with Crippen molar-refractivity contribution in [1.82, 2.24) is 14.5 Å². The first-order valence-corrected chi connectivity index (χ1v) is 6.01. The van der Waals surface area contributed by atoms with Crippen molar-refractivity contribution in [2.24, 2.45) is 12.8 Å². The summed E-state index contributed by atoms with van der Waals surface area (Å²) < 4.78 is 1.98. The van der Waals surface area contributed by atoms with Crippen LogP contribution in [0.2, 0.25) is 5.02 Å². The number of hydrogen-bond acceptors (Lipinski definition) is 4. The Hall–Kier alpha value is -1.59. The maximum absolute atomic E-state index is 5.99. The minimum atomic E-state index is 0.407. The molecule has 0 aromatic carbocycles. The normalized spacial score (nSPS) is 10.7. The molecule has 96 valence electrons. The minimum absolute atomic E-state index is 0.407. The van der Waals surface area contributed by atoms with Gasteiger partial charge in [-0.3, -0.25) is 0 Å². The van der Waals surface area contributed by atoms with Crippen LogP contribution in [0.1, 0.15) is 11.4 Å². The van der Waals surface area contributed by atoms with Crippen LogP contribution in [0.5, 0.6) is 0 Å². The summed E-state index contributed by atoms with van der Waals surface area (Å²) >= 11 is 5.99. The minimum Gasteiger partial charge on any atom is -0.352 e. The van der Waals surface area contributed by atoms with E-state index < -0.39 is 0 Å². The Morgan fingerprint density at radius 2 is 2.22 bits per heavy atom. The molecule has 2 aromatic heterocycles. The Kier molecular flexibility index (Phi) is 3.84. The lowest BCUT2D eigenvalue weighted by Gasteiger charge is -2.18. The lowest BCUT2D eigenvalue weighted by Crippen LogP contribution is -2.20. The molecule has 5 nitrogen and oxygen atoms in total. The quantitative estimate of drug-likeness (QED) is 0.912. The maximum Gasteiger partial charge on any atom is 0.129 e. The number of nitrogens with zero attached hydrogens (tertiary/aromatic N) is 4. The van der Waals surface area contributed by atoms with Crippen LogP contribution in [0, 0.1) is 0 Å². The Balaban J connectivity index is 2.18. The van der Waals surface area contributed by atoms with Crippen molar-refractivity contribution in [2.75, 3.05) is 11.9 Å². The van der Waals surface area contributed by atoms with E-state index in [9.17, 15) is 0 Å². The lowest BCUT2D eigenvalue weighted by atomic mass is 10.2. The van der Waals surface area contributed by atoms with E-state index in [4.69, 9.17) is 17.3 Å². The summed E-state index contributed by atoms with van der Waals surface area (Å²) in [5.41, 5.74) is 6.53. The largest absolute Gasteiger partial charge is 0.352 e. The maximum atomic E-state index is 5.99. The van der Waals surface area contributed by atoms with Gasteiger partial charge in [-0.05, 0) is 11.6 Å². The molecular weight excluding hydrogens is 250 g/mol. The Morgan fingerprint density at radius 3 is 2.83 bits per heavy atom. The van der Waals surface area contributed by atoms with Gasteiger partial charge in [-0.15, -0.1) is 0 Å². The van der Waals surface area contributed by atoms with Gasteiger partial charge in [-0.2, -0.15) is 0 Å². The fourth-order valence-electron chi connectivity index (χ4n) is 1.67. The first kappa shape index (κ1) is 12.9. The van der Waals surface area contributed by atoms with E-state index in [2.05, 4.69) is 9.97 Å². The van der Waals surface area contributed by atoms with Gasteiger partial charge in [0, 0.05) is 39.2 Å². The van der Waals surface area contributed by atoms with E-state index in [1.807, 2.05) is 35.8 Å². The van der Waals surface area contributed by atoms with Crippen LogP contribution in [0.3, 0.4) is 0 Å². The Labute approximate surface area is 111 Å². The molecule has 0 aliphatic carbocycles. The number of pyridine rings is 1. The van der Waals surface area contributed by atoms with E-state index in [1.54, 1.807) is 12.4 Å². The number of aromatic nitrogens is 3. The summed E-state index contributed by atoms with van der Waals surface area (Å²) in [6, 6.07) is 1.91. The smallest absolute Gasteiger partial charge is 0.129 e. The van der Waals surface area contributed by atoms with E-state index >= 15 is 0 Å². The first-order chi connectivity index (χ1) is 8.61. The standard InChI is InChI=1S/C12H16ClN5/c1-17-4-3-15-12(17)8-18(2)11-5-9(6-14)10(13)7-16-11/h3-5,7H,6,8,14H2,1-2H3. The molecule has 0 amide bonds. The molecule has 0 atom stereocenters. The number of imidazole rings is 1. The summed E-state index contributed by atoms with van der Waals surface area (Å²) in [5, 5.41) is 0.603. The molecule has 2 aromatic rings.